The van der Waals surface area contributed by atoms with Crippen LogP contribution in [0.2, 0.25) is 0 Å². The molecule has 0 aliphatic carbocycles. The normalized spacial score (nSPS) is 10.2. The largest absolute Gasteiger partial charge is 0.493 e. The Hall–Kier alpha value is -3.36. The highest BCUT2D eigenvalue weighted by atomic mass is 19.2. The number of halogens is 2. The molecule has 0 radical (unpaired) electrons. The second-order valence-electron chi connectivity index (χ2n) is 5.25. The van der Waals surface area contributed by atoms with E-state index in [-0.39, 0.29) is 28.4 Å². The molecule has 0 saturated carbocycles. The first-order valence-corrected chi connectivity index (χ1v) is 7.64. The van der Waals surface area contributed by atoms with Gasteiger partial charge in [0.25, 0.3) is 5.91 Å². The molecule has 0 unspecified atom stereocenters. The maximum Gasteiger partial charge on any atom is 0.338 e. The standard InChI is InChI=1S/C18H17F2NO6/c1-24-13-6-11(7-14(25-2)17(13)26-9-15(21)22)18(23)27-8-10-4-3-5-12(19)16(10)20/h3-7H,8-9H2,1-2H3,(H2,21,22). The van der Waals surface area contributed by atoms with Gasteiger partial charge in [0, 0.05) is 5.56 Å². The number of esters is 1. The van der Waals surface area contributed by atoms with Crippen molar-refractivity contribution < 1.29 is 37.3 Å². The van der Waals surface area contributed by atoms with Gasteiger partial charge in [-0.3, -0.25) is 4.79 Å². The second-order valence-corrected chi connectivity index (χ2v) is 5.25. The molecule has 0 fully saturated rings. The lowest BCUT2D eigenvalue weighted by atomic mass is 10.1. The van der Waals surface area contributed by atoms with E-state index >= 15 is 0 Å². The number of nitrogens with two attached hydrogens (primary N) is 1. The van der Waals surface area contributed by atoms with Crippen molar-refractivity contribution in [2.75, 3.05) is 20.8 Å². The van der Waals surface area contributed by atoms with E-state index in [1.54, 1.807) is 0 Å². The van der Waals surface area contributed by atoms with Crippen LogP contribution >= 0.6 is 0 Å². The summed E-state index contributed by atoms with van der Waals surface area (Å²) in [4.78, 5) is 23.2. The average Bonchev–Trinajstić information content (AvgIpc) is 2.66. The van der Waals surface area contributed by atoms with Crippen LogP contribution in [-0.4, -0.2) is 32.7 Å². The highest BCUT2D eigenvalue weighted by Gasteiger charge is 2.20. The molecular weight excluding hydrogens is 364 g/mol. The third kappa shape index (κ3) is 4.84. The Morgan fingerprint density at radius 1 is 1.07 bits per heavy atom. The van der Waals surface area contributed by atoms with Crippen LogP contribution in [0, 0.1) is 11.6 Å². The molecule has 0 aliphatic heterocycles. The Labute approximate surface area is 153 Å². The van der Waals surface area contributed by atoms with Crippen molar-refractivity contribution in [3.63, 3.8) is 0 Å². The van der Waals surface area contributed by atoms with E-state index in [1.807, 2.05) is 0 Å². The fourth-order valence-electron chi connectivity index (χ4n) is 2.17. The molecule has 1 amide bonds. The maximum absolute atomic E-state index is 13.6. The second kappa shape index (κ2) is 8.84. The molecule has 0 atom stereocenters. The highest BCUT2D eigenvalue weighted by Crippen LogP contribution is 2.38. The molecule has 144 valence electrons. The first kappa shape index (κ1) is 20.0. The number of ether oxygens (including phenoxy) is 4. The van der Waals surface area contributed by atoms with E-state index in [0.29, 0.717) is 0 Å². The minimum absolute atomic E-state index is 0.0203. The fourth-order valence-corrected chi connectivity index (χ4v) is 2.17. The summed E-state index contributed by atoms with van der Waals surface area (Å²) < 4.78 is 47.4. The number of rotatable bonds is 8. The van der Waals surface area contributed by atoms with Crippen LogP contribution in [0.25, 0.3) is 0 Å². The average molecular weight is 381 g/mol. The summed E-state index contributed by atoms with van der Waals surface area (Å²) in [6.07, 6.45) is 0. The van der Waals surface area contributed by atoms with Crippen LogP contribution in [0.5, 0.6) is 17.2 Å². The first-order valence-electron chi connectivity index (χ1n) is 7.64. The van der Waals surface area contributed by atoms with Gasteiger partial charge in [-0.25, -0.2) is 13.6 Å². The van der Waals surface area contributed by atoms with Gasteiger partial charge in [-0.05, 0) is 18.2 Å². The van der Waals surface area contributed by atoms with Crippen LogP contribution in [0.1, 0.15) is 15.9 Å². The SMILES string of the molecule is COc1cc(C(=O)OCc2cccc(F)c2F)cc(OC)c1OCC(N)=O. The first-order chi connectivity index (χ1) is 12.9. The molecule has 0 spiro atoms. The van der Waals surface area contributed by atoms with E-state index in [2.05, 4.69) is 0 Å². The molecule has 7 nitrogen and oxygen atoms in total. The molecule has 2 N–H and O–H groups in total. The highest BCUT2D eigenvalue weighted by molar-refractivity contribution is 5.91. The van der Waals surface area contributed by atoms with Crippen LogP contribution in [0.4, 0.5) is 8.78 Å². The van der Waals surface area contributed by atoms with E-state index < -0.39 is 36.7 Å². The summed E-state index contributed by atoms with van der Waals surface area (Å²) in [5.41, 5.74) is 4.95. The fraction of sp³-hybridized carbons (Fsp3) is 0.222. The van der Waals surface area contributed by atoms with Gasteiger partial charge in [0.1, 0.15) is 6.61 Å². The van der Waals surface area contributed by atoms with Gasteiger partial charge in [0.15, 0.2) is 29.7 Å². The lowest BCUT2D eigenvalue weighted by Gasteiger charge is -2.15. The lowest BCUT2D eigenvalue weighted by Crippen LogP contribution is -2.20. The monoisotopic (exact) mass is 381 g/mol. The summed E-state index contributed by atoms with van der Waals surface area (Å²) in [6, 6.07) is 6.15. The zero-order valence-corrected chi connectivity index (χ0v) is 14.6. The van der Waals surface area contributed by atoms with Gasteiger partial charge in [0.05, 0.1) is 19.8 Å². The Bertz CT molecular complexity index is 831. The van der Waals surface area contributed by atoms with Gasteiger partial charge in [-0.15, -0.1) is 0 Å². The summed E-state index contributed by atoms with van der Waals surface area (Å²) in [6.45, 7) is -0.887. The lowest BCUT2D eigenvalue weighted by molar-refractivity contribution is -0.120. The molecule has 2 aromatic rings. The number of methoxy groups -OCH3 is 2. The molecule has 2 aromatic carbocycles. The number of carbonyl (C=O) groups excluding carboxylic acids is 2. The maximum atomic E-state index is 13.6. The van der Waals surface area contributed by atoms with Gasteiger partial charge >= 0.3 is 5.97 Å². The quantitative estimate of drug-likeness (QED) is 0.704. The Balaban J connectivity index is 2.22. The predicted octanol–water partition coefficient (Wildman–Crippen LogP) is 2.20. The Morgan fingerprint density at radius 3 is 2.26 bits per heavy atom. The Kier molecular flexibility index (Phi) is 6.53. The van der Waals surface area contributed by atoms with Gasteiger partial charge in [-0.1, -0.05) is 12.1 Å². The zero-order chi connectivity index (χ0) is 20.0. The van der Waals surface area contributed by atoms with E-state index in [9.17, 15) is 18.4 Å². The van der Waals surface area contributed by atoms with E-state index in [4.69, 9.17) is 24.7 Å². The molecule has 2 rings (SSSR count). The Morgan fingerprint density at radius 2 is 1.70 bits per heavy atom. The van der Waals surface area contributed by atoms with Crippen molar-refractivity contribution in [2.24, 2.45) is 5.73 Å². The minimum Gasteiger partial charge on any atom is -0.493 e. The number of carbonyl (C=O) groups is 2. The van der Waals surface area contributed by atoms with Crippen LogP contribution in [-0.2, 0) is 16.1 Å². The summed E-state index contributed by atoms with van der Waals surface area (Å²) in [5, 5.41) is 0. The third-order valence-electron chi connectivity index (χ3n) is 3.45. The van der Waals surface area contributed by atoms with Crippen molar-refractivity contribution in [2.45, 2.75) is 6.61 Å². The zero-order valence-electron chi connectivity index (χ0n) is 14.6. The third-order valence-corrected chi connectivity index (χ3v) is 3.45. The summed E-state index contributed by atoms with van der Waals surface area (Å²) in [7, 11) is 2.65. The van der Waals surface area contributed by atoms with Crippen molar-refractivity contribution >= 4 is 11.9 Å². The van der Waals surface area contributed by atoms with Crippen molar-refractivity contribution in [1.29, 1.82) is 0 Å². The van der Waals surface area contributed by atoms with Crippen LogP contribution in [0.15, 0.2) is 30.3 Å². The number of hydrogen-bond acceptors (Lipinski definition) is 6. The molecule has 0 aliphatic rings. The molecule has 9 heteroatoms. The minimum atomic E-state index is -1.09. The summed E-state index contributed by atoms with van der Waals surface area (Å²) in [5.74, 6) is -3.39. The summed E-state index contributed by atoms with van der Waals surface area (Å²) >= 11 is 0. The van der Waals surface area contributed by atoms with Crippen molar-refractivity contribution in [3.8, 4) is 17.2 Å². The van der Waals surface area contributed by atoms with Gasteiger partial charge < -0.3 is 24.7 Å². The number of primary amides is 1. The predicted molar refractivity (Wildman–Crippen MR) is 89.7 cm³/mol. The molecular formula is C18H17F2NO6. The number of benzene rings is 2. The molecule has 0 heterocycles. The van der Waals surface area contributed by atoms with Crippen LogP contribution < -0.4 is 19.9 Å². The van der Waals surface area contributed by atoms with E-state index in [0.717, 1.165) is 6.07 Å². The number of hydrogen-bond donors (Lipinski definition) is 1. The topological polar surface area (TPSA) is 97.1 Å². The van der Waals surface area contributed by atoms with Crippen molar-refractivity contribution in [1.82, 2.24) is 0 Å². The van der Waals surface area contributed by atoms with Gasteiger partial charge in [0.2, 0.25) is 5.75 Å². The molecule has 27 heavy (non-hydrogen) atoms. The molecule has 0 aromatic heterocycles. The van der Waals surface area contributed by atoms with Crippen LogP contribution in [0.3, 0.4) is 0 Å². The van der Waals surface area contributed by atoms with Crippen molar-refractivity contribution in [3.05, 3.63) is 53.1 Å². The smallest absolute Gasteiger partial charge is 0.338 e. The van der Waals surface area contributed by atoms with E-state index in [1.165, 1.54) is 38.5 Å². The molecule has 0 bridgehead atoms. The molecule has 0 saturated heterocycles. The number of amides is 1. The van der Waals surface area contributed by atoms with Gasteiger partial charge in [-0.2, -0.15) is 0 Å².